The Hall–Kier alpha value is -0.330. The number of guanidine groups is 1. The van der Waals surface area contributed by atoms with Gasteiger partial charge in [-0.25, -0.2) is 4.99 Å². The highest BCUT2D eigenvalue weighted by molar-refractivity contribution is 14.1. The van der Waals surface area contributed by atoms with Crippen molar-refractivity contribution >= 4 is 34.5 Å². The van der Waals surface area contributed by atoms with E-state index in [0.29, 0.717) is 9.88 Å². The third-order valence-electron chi connectivity index (χ3n) is 1.19. The minimum Gasteiger partial charge on any atom is -0.355 e. The van der Waals surface area contributed by atoms with E-state index < -0.39 is 0 Å². The number of amides is 1. The lowest BCUT2D eigenvalue weighted by molar-refractivity contribution is -0.117. The molecule has 1 atom stereocenters. The molecular formula is C6H10IN3O. The molecule has 0 unspecified atom stereocenters. The first-order valence-corrected chi connectivity index (χ1v) is 4.65. The van der Waals surface area contributed by atoms with Crippen LogP contribution in [0.15, 0.2) is 4.99 Å². The van der Waals surface area contributed by atoms with Gasteiger partial charge in [0.25, 0.3) is 0 Å². The van der Waals surface area contributed by atoms with E-state index in [1.807, 2.05) is 0 Å². The van der Waals surface area contributed by atoms with Crippen LogP contribution in [0.2, 0.25) is 0 Å². The van der Waals surface area contributed by atoms with Crippen molar-refractivity contribution in [2.75, 3.05) is 13.1 Å². The fraction of sp³-hybridized carbons (Fsp3) is 0.667. The first-order valence-electron chi connectivity index (χ1n) is 3.40. The minimum atomic E-state index is -0.0337. The first-order chi connectivity index (χ1) is 5.18. The summed E-state index contributed by atoms with van der Waals surface area (Å²) in [4.78, 5) is 14.6. The molecule has 1 rings (SSSR count). The Morgan fingerprint density at radius 3 is 3.09 bits per heavy atom. The van der Waals surface area contributed by atoms with Crippen molar-refractivity contribution in [3.63, 3.8) is 0 Å². The second kappa shape index (κ2) is 3.89. The molecule has 1 amide bonds. The predicted octanol–water partition coefficient (Wildman–Crippen LogP) is -0.115. The fourth-order valence-electron chi connectivity index (χ4n) is 0.699. The summed E-state index contributed by atoms with van der Waals surface area (Å²) in [5.41, 5.74) is 0. The Kier molecular flexibility index (Phi) is 3.10. The second-order valence-electron chi connectivity index (χ2n) is 2.37. The summed E-state index contributed by atoms with van der Waals surface area (Å²) in [6.07, 6.45) is 0. The monoisotopic (exact) mass is 267 g/mol. The van der Waals surface area contributed by atoms with Crippen molar-refractivity contribution in [2.24, 2.45) is 4.99 Å². The Balaban J connectivity index is 2.23. The van der Waals surface area contributed by atoms with Gasteiger partial charge in [0, 0.05) is 10.5 Å². The summed E-state index contributed by atoms with van der Waals surface area (Å²) < 4.78 is 0.535. The summed E-state index contributed by atoms with van der Waals surface area (Å²) in [5, 5.41) is 5.63. The number of halogens is 1. The molecule has 1 aliphatic heterocycles. The molecule has 0 radical (unpaired) electrons. The van der Waals surface area contributed by atoms with Crippen LogP contribution in [-0.4, -0.2) is 28.9 Å². The maximum atomic E-state index is 10.6. The van der Waals surface area contributed by atoms with Crippen LogP contribution < -0.4 is 10.6 Å². The maximum absolute atomic E-state index is 10.6. The van der Waals surface area contributed by atoms with Gasteiger partial charge in [-0.05, 0) is 0 Å². The van der Waals surface area contributed by atoms with Crippen molar-refractivity contribution < 1.29 is 4.79 Å². The van der Waals surface area contributed by atoms with Crippen LogP contribution in [0, 0.1) is 0 Å². The van der Waals surface area contributed by atoms with Gasteiger partial charge >= 0.3 is 0 Å². The number of rotatable bonds is 2. The average Bonchev–Trinajstić information content (AvgIpc) is 2.31. The molecule has 1 heterocycles. The standard InChI is InChI=1S/C6H10IN3O/c1-4(7)2-8-6-9-3-5(11)10-6/h4H,2-3H2,1H3,(H2,8,9,10,11)/t4-/m1/s1. The molecule has 4 nitrogen and oxygen atoms in total. The van der Waals surface area contributed by atoms with E-state index in [1.165, 1.54) is 0 Å². The largest absolute Gasteiger partial charge is 0.355 e. The van der Waals surface area contributed by atoms with Crippen molar-refractivity contribution in [2.45, 2.75) is 10.8 Å². The Bertz CT molecular complexity index is 190. The zero-order chi connectivity index (χ0) is 8.27. The summed E-state index contributed by atoms with van der Waals surface area (Å²) in [5.74, 6) is 0.576. The number of aliphatic imine (C=N–C) groups is 1. The van der Waals surface area contributed by atoms with Crippen LogP contribution in [0.4, 0.5) is 0 Å². The van der Waals surface area contributed by atoms with Crippen LogP contribution in [-0.2, 0) is 4.79 Å². The third-order valence-corrected chi connectivity index (χ3v) is 1.63. The molecule has 62 valence electrons. The number of hydrogen-bond donors (Lipinski definition) is 2. The fourth-order valence-corrected chi connectivity index (χ4v) is 0.920. The Labute approximate surface area is 79.0 Å². The van der Waals surface area contributed by atoms with Gasteiger partial charge in [-0.2, -0.15) is 0 Å². The zero-order valence-electron chi connectivity index (χ0n) is 6.22. The topological polar surface area (TPSA) is 53.5 Å². The van der Waals surface area contributed by atoms with Gasteiger partial charge < -0.3 is 5.32 Å². The highest BCUT2D eigenvalue weighted by Crippen LogP contribution is 1.95. The van der Waals surface area contributed by atoms with Gasteiger partial charge in [0.15, 0.2) is 5.96 Å². The highest BCUT2D eigenvalue weighted by atomic mass is 127. The molecule has 2 N–H and O–H groups in total. The quantitative estimate of drug-likeness (QED) is 0.541. The van der Waals surface area contributed by atoms with Gasteiger partial charge in [-0.1, -0.05) is 29.5 Å². The molecular weight excluding hydrogens is 257 g/mol. The van der Waals surface area contributed by atoms with Gasteiger partial charge in [0.2, 0.25) is 5.91 Å². The van der Waals surface area contributed by atoms with Crippen molar-refractivity contribution in [3.8, 4) is 0 Å². The molecule has 0 saturated heterocycles. The predicted molar refractivity (Wildman–Crippen MR) is 51.9 cm³/mol. The lowest BCUT2D eigenvalue weighted by Gasteiger charge is -2.06. The molecule has 0 saturated carbocycles. The highest BCUT2D eigenvalue weighted by Gasteiger charge is 2.12. The minimum absolute atomic E-state index is 0.0337. The van der Waals surface area contributed by atoms with Gasteiger partial charge in [0.1, 0.15) is 6.54 Å². The van der Waals surface area contributed by atoms with Crippen molar-refractivity contribution in [1.82, 2.24) is 10.6 Å². The first kappa shape index (κ1) is 8.76. The number of carbonyl (C=O) groups is 1. The lowest BCUT2D eigenvalue weighted by Crippen LogP contribution is -2.38. The summed E-state index contributed by atoms with van der Waals surface area (Å²) in [7, 11) is 0. The third kappa shape index (κ3) is 3.04. The SMILES string of the molecule is C[C@@H](I)CNC1=NCC(=O)N1. The molecule has 0 aromatic carbocycles. The van der Waals surface area contributed by atoms with Gasteiger partial charge in [-0.15, -0.1) is 0 Å². The van der Waals surface area contributed by atoms with E-state index in [0.717, 1.165) is 6.54 Å². The van der Waals surface area contributed by atoms with E-state index in [9.17, 15) is 4.79 Å². The Morgan fingerprint density at radius 1 is 1.91 bits per heavy atom. The molecule has 1 aliphatic rings. The molecule has 0 aliphatic carbocycles. The van der Waals surface area contributed by atoms with Crippen LogP contribution in [0.25, 0.3) is 0 Å². The maximum Gasteiger partial charge on any atom is 0.248 e. The number of nitrogens with zero attached hydrogens (tertiary/aromatic N) is 1. The average molecular weight is 267 g/mol. The lowest BCUT2D eigenvalue weighted by atomic mass is 10.5. The summed E-state index contributed by atoms with van der Waals surface area (Å²) >= 11 is 2.30. The van der Waals surface area contributed by atoms with E-state index in [2.05, 4.69) is 45.1 Å². The van der Waals surface area contributed by atoms with Gasteiger partial charge in [-0.3, -0.25) is 10.1 Å². The number of hydrogen-bond acceptors (Lipinski definition) is 3. The summed E-state index contributed by atoms with van der Waals surface area (Å²) in [6.45, 7) is 3.18. The van der Waals surface area contributed by atoms with E-state index in [4.69, 9.17) is 0 Å². The number of alkyl halides is 1. The molecule has 11 heavy (non-hydrogen) atoms. The number of carbonyl (C=O) groups excluding carboxylic acids is 1. The molecule has 0 fully saturated rings. The Morgan fingerprint density at radius 2 is 2.64 bits per heavy atom. The zero-order valence-corrected chi connectivity index (χ0v) is 8.38. The van der Waals surface area contributed by atoms with Crippen LogP contribution in [0.5, 0.6) is 0 Å². The van der Waals surface area contributed by atoms with Gasteiger partial charge in [0.05, 0.1) is 0 Å². The molecule has 0 spiro atoms. The van der Waals surface area contributed by atoms with E-state index >= 15 is 0 Å². The van der Waals surface area contributed by atoms with Crippen molar-refractivity contribution in [3.05, 3.63) is 0 Å². The second-order valence-corrected chi connectivity index (χ2v) is 4.50. The molecule has 0 bridgehead atoms. The smallest absolute Gasteiger partial charge is 0.248 e. The van der Waals surface area contributed by atoms with Crippen LogP contribution in [0.3, 0.4) is 0 Å². The van der Waals surface area contributed by atoms with Crippen LogP contribution >= 0.6 is 22.6 Å². The van der Waals surface area contributed by atoms with E-state index in [1.54, 1.807) is 0 Å². The van der Waals surface area contributed by atoms with Crippen LogP contribution in [0.1, 0.15) is 6.92 Å². The van der Waals surface area contributed by atoms with E-state index in [-0.39, 0.29) is 12.5 Å². The normalized spacial score (nSPS) is 19.1. The molecule has 0 aromatic heterocycles. The molecule has 0 aromatic rings. The number of nitrogens with one attached hydrogen (secondary N) is 2. The van der Waals surface area contributed by atoms with Crippen molar-refractivity contribution in [1.29, 1.82) is 0 Å². The summed E-state index contributed by atoms with van der Waals surface area (Å²) in [6, 6.07) is 0. The molecule has 5 heteroatoms.